The van der Waals surface area contributed by atoms with Gasteiger partial charge < -0.3 is 14.6 Å². The van der Waals surface area contributed by atoms with Crippen LogP contribution in [0.3, 0.4) is 0 Å². The number of anilines is 2. The highest BCUT2D eigenvalue weighted by molar-refractivity contribution is 6.30. The van der Waals surface area contributed by atoms with E-state index in [1.54, 1.807) is 60.7 Å². The van der Waals surface area contributed by atoms with Gasteiger partial charge in [-0.1, -0.05) is 23.7 Å². The number of aromatic nitrogens is 6. The van der Waals surface area contributed by atoms with Gasteiger partial charge in [-0.15, -0.1) is 5.10 Å². The van der Waals surface area contributed by atoms with Crippen molar-refractivity contribution in [2.24, 2.45) is 0 Å². The van der Waals surface area contributed by atoms with Gasteiger partial charge in [0, 0.05) is 23.0 Å². The van der Waals surface area contributed by atoms with Gasteiger partial charge in [-0.3, -0.25) is 9.36 Å². The smallest absolute Gasteiger partial charge is 0.406 e. The van der Waals surface area contributed by atoms with Crippen LogP contribution >= 0.6 is 11.6 Å². The van der Waals surface area contributed by atoms with Crippen molar-refractivity contribution in [3.8, 4) is 11.6 Å². The van der Waals surface area contributed by atoms with Gasteiger partial charge in [0.15, 0.2) is 11.2 Å². The van der Waals surface area contributed by atoms with Crippen molar-refractivity contribution in [3.05, 3.63) is 94.1 Å². The summed E-state index contributed by atoms with van der Waals surface area (Å²) in [6.07, 6.45) is -2.02. The number of benzene rings is 2. The number of nitrogens with one attached hydrogen (secondary N) is 1. The maximum absolute atomic E-state index is 13.1. The summed E-state index contributed by atoms with van der Waals surface area (Å²) in [5.74, 6) is 0.924. The molecule has 0 bridgehead atoms. The molecule has 188 valence electrons. The molecule has 3 aromatic heterocycles. The molecule has 5 aromatic rings. The van der Waals surface area contributed by atoms with Crippen molar-refractivity contribution >= 4 is 34.4 Å². The molecule has 0 spiro atoms. The predicted octanol–water partition coefficient (Wildman–Crippen LogP) is 5.18. The van der Waals surface area contributed by atoms with Gasteiger partial charge in [-0.25, -0.2) is 4.98 Å². The molecule has 0 atom stereocenters. The Balaban J connectivity index is 1.51. The van der Waals surface area contributed by atoms with Crippen LogP contribution in [-0.4, -0.2) is 35.5 Å². The lowest BCUT2D eigenvalue weighted by Crippen LogP contribution is -2.23. The second-order valence-electron chi connectivity index (χ2n) is 7.93. The monoisotopic (exact) mass is 527 g/mol. The highest BCUT2D eigenvalue weighted by atomic mass is 35.5. The molecule has 0 unspecified atom stereocenters. The molecule has 0 radical (unpaired) electrons. The lowest BCUT2D eigenvalue weighted by Gasteiger charge is -2.16. The molecule has 3 heterocycles. The molecule has 0 aliphatic rings. The van der Waals surface area contributed by atoms with Gasteiger partial charge >= 0.3 is 11.7 Å². The number of ether oxygens (including phenoxy) is 1. The van der Waals surface area contributed by atoms with E-state index in [2.05, 4.69) is 25.5 Å². The van der Waals surface area contributed by atoms with E-state index < -0.39 is 18.3 Å². The molecule has 0 amide bonds. The van der Waals surface area contributed by atoms with Gasteiger partial charge in [0.1, 0.15) is 12.3 Å². The van der Waals surface area contributed by atoms with E-state index in [9.17, 15) is 18.0 Å². The minimum absolute atomic E-state index is 0.0595. The zero-order valence-electron chi connectivity index (χ0n) is 18.9. The lowest BCUT2D eigenvalue weighted by atomic mass is 10.2. The summed E-state index contributed by atoms with van der Waals surface area (Å²) >= 11 is 5.99. The highest BCUT2D eigenvalue weighted by Crippen LogP contribution is 2.25. The Labute approximate surface area is 212 Å². The quantitative estimate of drug-likeness (QED) is 0.311. The van der Waals surface area contributed by atoms with Crippen molar-refractivity contribution in [1.82, 2.24) is 29.3 Å². The summed E-state index contributed by atoms with van der Waals surface area (Å²) in [7, 11) is 0. The Morgan fingerprint density at radius 2 is 1.78 bits per heavy atom. The van der Waals surface area contributed by atoms with Gasteiger partial charge in [0.25, 0.3) is 0 Å². The van der Waals surface area contributed by atoms with E-state index in [1.165, 1.54) is 10.8 Å². The first-order chi connectivity index (χ1) is 17.7. The second kappa shape index (κ2) is 9.90. The minimum atomic E-state index is -4.53. The lowest BCUT2D eigenvalue weighted by molar-refractivity contribution is -0.140. The van der Waals surface area contributed by atoms with Crippen LogP contribution in [0.2, 0.25) is 5.02 Å². The minimum Gasteiger partial charge on any atom is -0.438 e. The van der Waals surface area contributed by atoms with Crippen LogP contribution in [0, 0.1) is 0 Å². The Bertz CT molecular complexity index is 1590. The summed E-state index contributed by atoms with van der Waals surface area (Å²) in [4.78, 5) is 21.0. The average molecular weight is 528 g/mol. The predicted molar refractivity (Wildman–Crippen MR) is 130 cm³/mol. The average Bonchev–Trinajstić information content (AvgIpc) is 3.27. The molecule has 0 fully saturated rings. The molecule has 0 saturated heterocycles. The van der Waals surface area contributed by atoms with Crippen LogP contribution in [0.5, 0.6) is 11.6 Å². The zero-order valence-corrected chi connectivity index (χ0v) is 19.6. The summed E-state index contributed by atoms with van der Waals surface area (Å²) in [6.45, 7) is -1.19. The number of halogens is 4. The van der Waals surface area contributed by atoms with E-state index in [1.807, 2.05) is 0 Å². The van der Waals surface area contributed by atoms with Crippen molar-refractivity contribution < 1.29 is 17.9 Å². The Hall–Kier alpha value is -4.45. The fourth-order valence-electron chi connectivity index (χ4n) is 3.63. The summed E-state index contributed by atoms with van der Waals surface area (Å²) in [5.41, 5.74) is 0.303. The number of hydrogen-bond donors (Lipinski definition) is 1. The number of imidazole rings is 1. The number of hydrogen-bond acceptors (Lipinski definition) is 7. The third-order valence-electron chi connectivity index (χ3n) is 5.22. The highest BCUT2D eigenvalue weighted by Gasteiger charge is 2.30. The van der Waals surface area contributed by atoms with Crippen LogP contribution in [0.25, 0.3) is 11.2 Å². The molecule has 1 N–H and O–H groups in total. The van der Waals surface area contributed by atoms with Crippen molar-refractivity contribution in [2.45, 2.75) is 19.3 Å². The zero-order chi connectivity index (χ0) is 26.0. The first kappa shape index (κ1) is 24.3. The fourth-order valence-corrected chi connectivity index (χ4v) is 3.75. The molecule has 0 aliphatic heterocycles. The molecule has 5 rings (SSSR count). The van der Waals surface area contributed by atoms with E-state index in [0.29, 0.717) is 22.3 Å². The van der Waals surface area contributed by atoms with Crippen LogP contribution in [-0.2, 0) is 13.1 Å². The Morgan fingerprint density at radius 3 is 2.46 bits per heavy atom. The molecule has 9 nitrogen and oxygen atoms in total. The third-order valence-corrected chi connectivity index (χ3v) is 5.48. The van der Waals surface area contributed by atoms with Crippen LogP contribution in [0.1, 0.15) is 5.56 Å². The Kier molecular flexibility index (Phi) is 6.49. The van der Waals surface area contributed by atoms with E-state index in [-0.39, 0.29) is 23.7 Å². The van der Waals surface area contributed by atoms with Gasteiger partial charge in [0.05, 0.1) is 12.9 Å². The standard InChI is InChI=1S/C24H17ClF3N7O2/c25-16-5-3-15(4-6-16)12-35-21-20(34(14-29-21)13-24(26,27)28)22(36)32-23(35)31-17-7-9-18(10-8-17)37-19-2-1-11-30-33-19/h1-11,14H,12-13H2,(H,31,32,36). The topological polar surface area (TPSA) is 99.8 Å². The molecule has 2 aromatic carbocycles. The van der Waals surface area contributed by atoms with E-state index >= 15 is 0 Å². The van der Waals surface area contributed by atoms with E-state index in [4.69, 9.17) is 16.3 Å². The normalized spacial score (nSPS) is 11.6. The third kappa shape index (κ3) is 5.70. The van der Waals surface area contributed by atoms with Crippen molar-refractivity contribution in [3.63, 3.8) is 0 Å². The van der Waals surface area contributed by atoms with Crippen molar-refractivity contribution in [1.29, 1.82) is 0 Å². The summed E-state index contributed by atoms with van der Waals surface area (Å²) in [6, 6.07) is 17.0. The molecule has 0 saturated carbocycles. The van der Waals surface area contributed by atoms with Gasteiger partial charge in [-0.05, 0) is 48.0 Å². The fraction of sp³-hybridized carbons (Fsp3) is 0.125. The number of fused-ring (bicyclic) bond motifs is 1. The van der Waals surface area contributed by atoms with Gasteiger partial charge in [-0.2, -0.15) is 23.3 Å². The van der Waals surface area contributed by atoms with Crippen molar-refractivity contribution in [2.75, 3.05) is 5.32 Å². The molecule has 13 heteroatoms. The molecular formula is C24H17ClF3N7O2. The molecular weight excluding hydrogens is 511 g/mol. The Morgan fingerprint density at radius 1 is 1.03 bits per heavy atom. The molecule has 37 heavy (non-hydrogen) atoms. The number of alkyl halides is 3. The van der Waals surface area contributed by atoms with Gasteiger partial charge in [0.2, 0.25) is 11.8 Å². The SMILES string of the molecule is O=c1nc(Nc2ccc(Oc3cccnn3)cc2)n(Cc2ccc(Cl)cc2)c2ncn(CC(F)(F)F)c12. The molecule has 0 aliphatic carbocycles. The van der Waals surface area contributed by atoms with Crippen LogP contribution in [0.15, 0.2) is 78.0 Å². The summed E-state index contributed by atoms with van der Waals surface area (Å²) < 4.78 is 47.2. The van der Waals surface area contributed by atoms with Crippen LogP contribution in [0.4, 0.5) is 24.8 Å². The first-order valence-corrected chi connectivity index (χ1v) is 11.2. The second-order valence-corrected chi connectivity index (χ2v) is 8.36. The van der Waals surface area contributed by atoms with Crippen LogP contribution < -0.4 is 15.6 Å². The number of rotatable bonds is 7. The van der Waals surface area contributed by atoms with E-state index in [0.717, 1.165) is 16.5 Å². The maximum Gasteiger partial charge on any atom is 0.406 e. The summed E-state index contributed by atoms with van der Waals surface area (Å²) in [5, 5.41) is 11.2. The maximum atomic E-state index is 13.1. The first-order valence-electron chi connectivity index (χ1n) is 10.8. The number of nitrogens with zero attached hydrogens (tertiary/aromatic N) is 6. The largest absolute Gasteiger partial charge is 0.438 e.